The van der Waals surface area contributed by atoms with Gasteiger partial charge in [0.05, 0.1) is 0 Å². The summed E-state index contributed by atoms with van der Waals surface area (Å²) >= 11 is 0. The highest BCUT2D eigenvalue weighted by molar-refractivity contribution is 5.68. The monoisotopic (exact) mass is 241 g/mol. The molecule has 0 aromatic heterocycles. The van der Waals surface area contributed by atoms with Gasteiger partial charge in [0.1, 0.15) is 5.60 Å². The third kappa shape index (κ3) is 3.36. The maximum atomic E-state index is 11.8. The molecule has 1 saturated carbocycles. The number of rotatable bonds is 0. The van der Waals surface area contributed by atoms with Crippen LogP contribution in [0.1, 0.15) is 48.0 Å². The minimum Gasteiger partial charge on any atom is -0.444 e. The molecular weight excluding hydrogens is 214 g/mol. The molecule has 2 saturated heterocycles. The summed E-state index contributed by atoms with van der Waals surface area (Å²) in [6.45, 7) is 13.8. The quantitative estimate of drug-likeness (QED) is 0.649. The first-order chi connectivity index (χ1) is 7.87. The number of ether oxygens (including phenoxy) is 1. The van der Waals surface area contributed by atoms with Crippen molar-refractivity contribution in [2.45, 2.75) is 53.6 Å². The zero-order valence-electron chi connectivity index (χ0n) is 12.1. The zero-order chi connectivity index (χ0) is 13.2. The molecule has 3 heteroatoms. The summed E-state index contributed by atoms with van der Waals surface area (Å²) in [6, 6.07) is 0. The molecule has 17 heavy (non-hydrogen) atoms. The average molecular weight is 241 g/mol. The maximum Gasteiger partial charge on any atom is 0.410 e. The van der Waals surface area contributed by atoms with Crippen LogP contribution in [-0.4, -0.2) is 29.7 Å². The molecule has 100 valence electrons. The van der Waals surface area contributed by atoms with E-state index in [1.54, 1.807) is 0 Å². The summed E-state index contributed by atoms with van der Waals surface area (Å²) in [5, 5.41) is 0. The van der Waals surface area contributed by atoms with E-state index in [-0.39, 0.29) is 11.7 Å². The van der Waals surface area contributed by atoms with Gasteiger partial charge in [-0.05, 0) is 44.9 Å². The van der Waals surface area contributed by atoms with Gasteiger partial charge in [-0.25, -0.2) is 4.79 Å². The third-order valence-corrected chi connectivity index (χ3v) is 3.65. The maximum absolute atomic E-state index is 11.8. The Morgan fingerprint density at radius 2 is 1.65 bits per heavy atom. The summed E-state index contributed by atoms with van der Waals surface area (Å²) in [5.74, 6) is 2.25. The van der Waals surface area contributed by atoms with E-state index in [1.165, 1.54) is 6.42 Å². The normalized spacial score (nSPS) is 30.9. The van der Waals surface area contributed by atoms with E-state index in [0.29, 0.717) is 0 Å². The number of piperidine rings is 2. The lowest BCUT2D eigenvalue weighted by Crippen LogP contribution is -2.56. The molecule has 2 atom stereocenters. The van der Waals surface area contributed by atoms with Crippen LogP contribution in [0.25, 0.3) is 0 Å². The fraction of sp³-hybridized carbons (Fsp3) is 0.929. The Balaban J connectivity index is 0.000000686. The van der Waals surface area contributed by atoms with E-state index in [2.05, 4.69) is 6.92 Å². The number of carbonyl (C=O) groups is 1. The second-order valence-corrected chi connectivity index (χ2v) is 6.00. The highest BCUT2D eigenvalue weighted by Crippen LogP contribution is 2.45. The van der Waals surface area contributed by atoms with Crippen LogP contribution >= 0.6 is 0 Å². The van der Waals surface area contributed by atoms with Gasteiger partial charge < -0.3 is 9.64 Å². The van der Waals surface area contributed by atoms with E-state index in [9.17, 15) is 4.79 Å². The minimum atomic E-state index is -0.371. The Bertz CT molecular complexity index is 258. The first kappa shape index (κ1) is 14.3. The van der Waals surface area contributed by atoms with Crippen molar-refractivity contribution < 1.29 is 9.53 Å². The van der Waals surface area contributed by atoms with E-state index in [1.807, 2.05) is 39.5 Å². The van der Waals surface area contributed by atoms with Crippen molar-refractivity contribution in [2.24, 2.45) is 17.8 Å². The summed E-state index contributed by atoms with van der Waals surface area (Å²) < 4.78 is 5.37. The Morgan fingerprint density at radius 3 is 2.00 bits per heavy atom. The second-order valence-electron chi connectivity index (χ2n) is 6.00. The fourth-order valence-corrected chi connectivity index (χ4v) is 2.61. The van der Waals surface area contributed by atoms with Crippen LogP contribution in [0.5, 0.6) is 0 Å². The van der Waals surface area contributed by atoms with Gasteiger partial charge in [-0.2, -0.15) is 0 Å². The van der Waals surface area contributed by atoms with Crippen LogP contribution in [0, 0.1) is 17.8 Å². The summed E-state index contributed by atoms with van der Waals surface area (Å²) in [5.41, 5.74) is -0.371. The van der Waals surface area contributed by atoms with E-state index < -0.39 is 0 Å². The van der Waals surface area contributed by atoms with Gasteiger partial charge in [0.2, 0.25) is 0 Å². The smallest absolute Gasteiger partial charge is 0.410 e. The molecule has 2 unspecified atom stereocenters. The summed E-state index contributed by atoms with van der Waals surface area (Å²) in [7, 11) is 0. The Hall–Kier alpha value is -0.730. The third-order valence-electron chi connectivity index (χ3n) is 3.65. The van der Waals surface area contributed by atoms with Crippen molar-refractivity contribution in [2.75, 3.05) is 13.1 Å². The van der Waals surface area contributed by atoms with Crippen molar-refractivity contribution in [3.8, 4) is 0 Å². The molecule has 0 aromatic carbocycles. The van der Waals surface area contributed by atoms with Crippen molar-refractivity contribution in [1.82, 2.24) is 4.90 Å². The number of fused-ring (bicyclic) bond motifs is 2. The molecule has 1 aliphatic carbocycles. The number of amides is 1. The SMILES string of the molecule is CC.CC1C2CC1CN(C(=O)OC(C)(C)C)C2. The molecular formula is C14H27NO2. The van der Waals surface area contributed by atoms with Crippen molar-refractivity contribution in [3.63, 3.8) is 0 Å². The van der Waals surface area contributed by atoms with E-state index >= 15 is 0 Å². The van der Waals surface area contributed by atoms with Gasteiger partial charge in [0.15, 0.2) is 0 Å². The molecule has 0 N–H and O–H groups in total. The lowest BCUT2D eigenvalue weighted by molar-refractivity contribution is -0.0473. The number of hydrogen-bond donors (Lipinski definition) is 0. The van der Waals surface area contributed by atoms with Crippen LogP contribution in [0.3, 0.4) is 0 Å². The van der Waals surface area contributed by atoms with Gasteiger partial charge in [-0.15, -0.1) is 0 Å². The average Bonchev–Trinajstić information content (AvgIpc) is 2.29. The molecule has 0 aromatic rings. The minimum absolute atomic E-state index is 0.135. The molecule has 2 aliphatic heterocycles. The number of nitrogens with zero attached hydrogens (tertiary/aromatic N) is 1. The predicted octanol–water partition coefficient (Wildman–Crippen LogP) is 3.54. The van der Waals surface area contributed by atoms with Crippen LogP contribution < -0.4 is 0 Å². The van der Waals surface area contributed by atoms with Gasteiger partial charge in [-0.3, -0.25) is 0 Å². The van der Waals surface area contributed by atoms with Crippen LogP contribution in [0.2, 0.25) is 0 Å². The topological polar surface area (TPSA) is 29.5 Å². The first-order valence-electron chi connectivity index (χ1n) is 6.85. The molecule has 3 fully saturated rings. The Kier molecular flexibility index (Phi) is 4.45. The fourth-order valence-electron chi connectivity index (χ4n) is 2.61. The summed E-state index contributed by atoms with van der Waals surface area (Å²) in [4.78, 5) is 13.7. The molecule has 3 rings (SSSR count). The largest absolute Gasteiger partial charge is 0.444 e. The van der Waals surface area contributed by atoms with E-state index in [4.69, 9.17) is 4.74 Å². The molecule has 0 radical (unpaired) electrons. The van der Waals surface area contributed by atoms with Crippen LogP contribution in [-0.2, 0) is 4.74 Å². The van der Waals surface area contributed by atoms with Crippen molar-refractivity contribution in [3.05, 3.63) is 0 Å². The molecule has 3 nitrogen and oxygen atoms in total. The van der Waals surface area contributed by atoms with Crippen LogP contribution in [0.4, 0.5) is 4.79 Å². The molecule has 2 bridgehead atoms. The number of carbonyl (C=O) groups excluding carboxylic acids is 1. The summed E-state index contributed by atoms with van der Waals surface area (Å²) in [6.07, 6.45) is 1.17. The molecule has 2 heterocycles. The molecule has 3 aliphatic rings. The van der Waals surface area contributed by atoms with Gasteiger partial charge >= 0.3 is 6.09 Å². The molecule has 0 spiro atoms. The highest BCUT2D eigenvalue weighted by atomic mass is 16.6. The molecule has 1 amide bonds. The Labute approximate surface area is 106 Å². The predicted molar refractivity (Wildman–Crippen MR) is 69.9 cm³/mol. The standard InChI is InChI=1S/C12H21NO2.C2H6/c1-8-9-5-10(8)7-13(6-9)11(14)15-12(2,3)4;1-2/h8-10H,5-7H2,1-4H3;1-2H3. The number of hydrogen-bond acceptors (Lipinski definition) is 2. The van der Waals surface area contributed by atoms with Gasteiger partial charge in [-0.1, -0.05) is 20.8 Å². The highest BCUT2D eigenvalue weighted by Gasteiger charge is 2.45. The zero-order valence-corrected chi connectivity index (χ0v) is 12.1. The lowest BCUT2D eigenvalue weighted by Gasteiger charge is -2.52. The van der Waals surface area contributed by atoms with Crippen LogP contribution in [0.15, 0.2) is 0 Å². The second kappa shape index (κ2) is 5.28. The van der Waals surface area contributed by atoms with Gasteiger partial charge in [0.25, 0.3) is 0 Å². The van der Waals surface area contributed by atoms with Crippen molar-refractivity contribution in [1.29, 1.82) is 0 Å². The van der Waals surface area contributed by atoms with E-state index in [0.717, 1.165) is 30.8 Å². The lowest BCUT2D eigenvalue weighted by atomic mass is 9.63. The first-order valence-corrected chi connectivity index (χ1v) is 6.85. The Morgan fingerprint density at radius 1 is 1.18 bits per heavy atom. The van der Waals surface area contributed by atoms with Gasteiger partial charge in [0, 0.05) is 13.1 Å². The van der Waals surface area contributed by atoms with Crippen molar-refractivity contribution >= 4 is 6.09 Å².